The number of amides is 1. The van der Waals surface area contributed by atoms with E-state index in [4.69, 9.17) is 27.3 Å². The number of halogens is 2. The van der Waals surface area contributed by atoms with Crippen molar-refractivity contribution in [3.63, 3.8) is 0 Å². The van der Waals surface area contributed by atoms with Crippen molar-refractivity contribution in [1.82, 2.24) is 19.8 Å². The molecule has 2 aromatic heterocycles. The third kappa shape index (κ3) is 5.14. The molecule has 10 heteroatoms. The van der Waals surface area contributed by atoms with Crippen molar-refractivity contribution in [2.24, 2.45) is 4.99 Å². The molecule has 0 saturated carbocycles. The Kier molecular flexibility index (Phi) is 7.74. The highest BCUT2D eigenvalue weighted by Crippen LogP contribution is 2.42. The van der Waals surface area contributed by atoms with Gasteiger partial charge in [-0.25, -0.2) is 19.4 Å². The van der Waals surface area contributed by atoms with Gasteiger partial charge in [-0.1, -0.05) is 44.2 Å². The molecule has 41 heavy (non-hydrogen) atoms. The van der Waals surface area contributed by atoms with Crippen LogP contribution in [-0.2, 0) is 4.79 Å². The fourth-order valence-electron chi connectivity index (χ4n) is 5.72. The fourth-order valence-corrected chi connectivity index (χ4v) is 5.97. The minimum atomic E-state index is -0.406. The lowest BCUT2D eigenvalue weighted by molar-refractivity contribution is -0.130. The first kappa shape index (κ1) is 28.5. The number of nitrogen functional groups attached to an aromatic ring is 1. The van der Waals surface area contributed by atoms with E-state index in [9.17, 15) is 9.18 Å². The van der Waals surface area contributed by atoms with Crippen molar-refractivity contribution in [3.05, 3.63) is 76.7 Å². The van der Waals surface area contributed by atoms with Crippen LogP contribution >= 0.6 is 11.6 Å². The molecule has 2 N–H and O–H groups in total. The number of amidine groups is 1. The quantitative estimate of drug-likeness (QED) is 0.389. The molecule has 1 saturated heterocycles. The lowest BCUT2D eigenvalue weighted by Crippen LogP contribution is -2.59. The number of benzene rings is 1. The zero-order valence-electron chi connectivity index (χ0n) is 24.0. The van der Waals surface area contributed by atoms with Crippen LogP contribution in [-0.4, -0.2) is 63.4 Å². The highest BCUT2D eigenvalue weighted by Gasteiger charge is 2.37. The number of rotatable bonds is 4. The maximum Gasteiger partial charge on any atom is 0.246 e. The molecule has 1 aromatic carbocycles. The van der Waals surface area contributed by atoms with Crippen molar-refractivity contribution >= 4 is 40.7 Å². The standard InChI is InChI=1S/C31H35ClFN7O/c1-7-26(41)38-14-20(6)39(15-19(38)5)30-22-13-23(32)28(21-10-8-9-11-24(21)33)37-31(22)40(16-35-30)29-18(4)12-25(34)36-27(29)17(2)3/h7-13,17,19-20H,1,14-16H2,2-6H3,(H2,34,36)/t19-,20+/m1/s1. The summed E-state index contributed by atoms with van der Waals surface area (Å²) in [7, 11) is 0. The molecular formula is C31H35ClFN7O. The number of carbonyl (C=O) groups excluding carboxylic acids is 1. The molecule has 8 nitrogen and oxygen atoms in total. The highest BCUT2D eigenvalue weighted by atomic mass is 35.5. The van der Waals surface area contributed by atoms with Gasteiger partial charge in [0.15, 0.2) is 0 Å². The van der Waals surface area contributed by atoms with Gasteiger partial charge in [-0.15, -0.1) is 0 Å². The van der Waals surface area contributed by atoms with Gasteiger partial charge in [0.2, 0.25) is 5.91 Å². The van der Waals surface area contributed by atoms with Gasteiger partial charge in [0.25, 0.3) is 0 Å². The number of anilines is 3. The fraction of sp³-hybridized carbons (Fsp3) is 0.355. The second kappa shape index (κ2) is 11.1. The normalized spacial score (nSPS) is 18.8. The number of aromatic nitrogens is 2. The van der Waals surface area contributed by atoms with Crippen molar-refractivity contribution < 1.29 is 9.18 Å². The molecule has 0 radical (unpaired) electrons. The van der Waals surface area contributed by atoms with Gasteiger partial charge in [0.1, 0.15) is 30.0 Å². The number of carbonyl (C=O) groups is 1. The Morgan fingerprint density at radius 1 is 1.15 bits per heavy atom. The summed E-state index contributed by atoms with van der Waals surface area (Å²) in [6.45, 7) is 15.2. The summed E-state index contributed by atoms with van der Waals surface area (Å²) in [6, 6.07) is 10.1. The summed E-state index contributed by atoms with van der Waals surface area (Å²) in [5.74, 6) is 1.38. The van der Waals surface area contributed by atoms with E-state index in [2.05, 4.69) is 37.2 Å². The average molecular weight is 576 g/mol. The second-order valence-corrected chi connectivity index (χ2v) is 11.4. The number of fused-ring (bicyclic) bond motifs is 1. The van der Waals surface area contributed by atoms with Gasteiger partial charge in [0.05, 0.1) is 27.7 Å². The number of hydrogen-bond donors (Lipinski definition) is 1. The Balaban J connectivity index is 1.69. The van der Waals surface area contributed by atoms with E-state index >= 15 is 0 Å². The molecule has 1 fully saturated rings. The molecule has 0 aliphatic carbocycles. The molecule has 4 heterocycles. The summed E-state index contributed by atoms with van der Waals surface area (Å²) < 4.78 is 15.0. The highest BCUT2D eigenvalue weighted by molar-refractivity contribution is 6.33. The average Bonchev–Trinajstić information content (AvgIpc) is 2.93. The Labute approximate surface area is 245 Å². The molecule has 0 spiro atoms. The van der Waals surface area contributed by atoms with Crippen molar-refractivity contribution in [1.29, 1.82) is 0 Å². The van der Waals surface area contributed by atoms with E-state index < -0.39 is 5.82 Å². The summed E-state index contributed by atoms with van der Waals surface area (Å²) in [5.41, 5.74) is 10.2. The largest absolute Gasteiger partial charge is 0.384 e. The maximum atomic E-state index is 15.0. The minimum Gasteiger partial charge on any atom is -0.384 e. The van der Waals surface area contributed by atoms with Crippen LogP contribution in [0.5, 0.6) is 0 Å². The summed E-state index contributed by atoms with van der Waals surface area (Å²) >= 11 is 6.83. The monoisotopic (exact) mass is 575 g/mol. The van der Waals surface area contributed by atoms with Crippen LogP contribution in [0.4, 0.5) is 21.7 Å². The Morgan fingerprint density at radius 3 is 2.56 bits per heavy atom. The van der Waals surface area contributed by atoms with Crippen LogP contribution < -0.4 is 10.6 Å². The number of aryl methyl sites for hydroxylation is 1. The zero-order chi connectivity index (χ0) is 29.6. The van der Waals surface area contributed by atoms with Gasteiger partial charge >= 0.3 is 0 Å². The summed E-state index contributed by atoms with van der Waals surface area (Å²) in [6.07, 6.45) is 1.35. The molecular weight excluding hydrogens is 541 g/mol. The minimum absolute atomic E-state index is 0.0237. The van der Waals surface area contributed by atoms with Crippen LogP contribution in [0.15, 0.2) is 54.0 Å². The molecule has 0 bridgehead atoms. The third-order valence-electron chi connectivity index (χ3n) is 7.71. The zero-order valence-corrected chi connectivity index (χ0v) is 24.8. The van der Waals surface area contributed by atoms with Crippen LogP contribution in [0.25, 0.3) is 11.3 Å². The first-order valence-electron chi connectivity index (χ1n) is 13.8. The first-order valence-corrected chi connectivity index (χ1v) is 14.1. The van der Waals surface area contributed by atoms with Gasteiger partial charge in [-0.3, -0.25) is 4.79 Å². The van der Waals surface area contributed by atoms with E-state index in [0.29, 0.717) is 41.0 Å². The van der Waals surface area contributed by atoms with Crippen molar-refractivity contribution in [2.75, 3.05) is 30.4 Å². The van der Waals surface area contributed by atoms with Crippen LogP contribution in [0, 0.1) is 12.7 Å². The number of nitrogens with zero attached hydrogens (tertiary/aromatic N) is 6. The Bertz CT molecular complexity index is 1560. The molecule has 0 unspecified atom stereocenters. The first-order chi connectivity index (χ1) is 19.5. The molecule has 214 valence electrons. The van der Waals surface area contributed by atoms with E-state index in [1.807, 2.05) is 35.8 Å². The van der Waals surface area contributed by atoms with Gasteiger partial charge in [-0.2, -0.15) is 0 Å². The number of nitrogens with two attached hydrogens (primary N) is 1. The second-order valence-electron chi connectivity index (χ2n) is 11.0. The predicted octanol–water partition coefficient (Wildman–Crippen LogP) is 5.91. The van der Waals surface area contributed by atoms with Gasteiger partial charge in [0, 0.05) is 30.7 Å². The van der Waals surface area contributed by atoms with E-state index in [-0.39, 0.29) is 30.6 Å². The molecule has 5 rings (SSSR count). The van der Waals surface area contributed by atoms with Crippen LogP contribution in [0.1, 0.15) is 50.4 Å². The molecule has 2 aliphatic heterocycles. The SMILES string of the molecule is C=CC(=O)N1C[C@H](C)N(C2=NCN(c3c(C)cc(N)nc3C(C)C)c3nc(-c4ccccc4F)c(Cl)cc32)C[C@H]1C. The summed E-state index contributed by atoms with van der Waals surface area (Å²) in [5, 5.41) is 0.320. The van der Waals surface area contributed by atoms with E-state index in [1.54, 1.807) is 18.2 Å². The lowest BCUT2D eigenvalue weighted by atomic mass is 10.0. The molecule has 1 amide bonds. The van der Waals surface area contributed by atoms with Crippen molar-refractivity contribution in [2.45, 2.75) is 52.6 Å². The lowest BCUT2D eigenvalue weighted by Gasteiger charge is -2.46. The number of piperazine rings is 1. The summed E-state index contributed by atoms with van der Waals surface area (Å²) in [4.78, 5) is 33.3. The predicted molar refractivity (Wildman–Crippen MR) is 163 cm³/mol. The van der Waals surface area contributed by atoms with Crippen molar-refractivity contribution in [3.8, 4) is 11.3 Å². The Morgan fingerprint density at radius 2 is 1.88 bits per heavy atom. The number of aliphatic imine (C=N–C) groups is 1. The van der Waals surface area contributed by atoms with Crippen LogP contribution in [0.3, 0.4) is 0 Å². The van der Waals surface area contributed by atoms with Crippen LogP contribution in [0.2, 0.25) is 5.02 Å². The molecule has 2 aliphatic rings. The number of pyridine rings is 2. The number of hydrogen-bond acceptors (Lipinski definition) is 7. The maximum absolute atomic E-state index is 15.0. The van der Waals surface area contributed by atoms with E-state index in [1.165, 1.54) is 12.1 Å². The topological polar surface area (TPSA) is 91.0 Å². The van der Waals surface area contributed by atoms with E-state index in [0.717, 1.165) is 28.3 Å². The third-order valence-corrected chi connectivity index (χ3v) is 7.99. The molecule has 2 atom stereocenters. The Hall–Kier alpha value is -3.98. The van der Waals surface area contributed by atoms with Gasteiger partial charge < -0.3 is 20.4 Å². The van der Waals surface area contributed by atoms with Gasteiger partial charge in [-0.05, 0) is 62.6 Å². The molecule has 3 aromatic rings. The smallest absolute Gasteiger partial charge is 0.246 e.